The molecule has 6 nitrogen and oxygen atoms in total. The highest BCUT2D eigenvalue weighted by Crippen LogP contribution is 2.50. The minimum atomic E-state index is -6.78. The Balaban J connectivity index is 1.80. The van der Waals surface area contributed by atoms with Crippen LogP contribution in [0.25, 0.3) is 11.1 Å². The smallest absolute Gasteiger partial charge is 0.260 e. The van der Waals surface area contributed by atoms with E-state index in [4.69, 9.17) is 0 Å². The molecule has 0 saturated carbocycles. The van der Waals surface area contributed by atoms with E-state index in [1.165, 1.54) is 0 Å². The summed E-state index contributed by atoms with van der Waals surface area (Å²) in [6.45, 7) is -6.04. The van der Waals surface area contributed by atoms with Crippen LogP contribution in [0.3, 0.4) is 0 Å². The molecule has 0 N–H and O–H groups in total. The molecule has 47 heavy (non-hydrogen) atoms. The van der Waals surface area contributed by atoms with Crippen molar-refractivity contribution in [2.75, 3.05) is 13.2 Å². The Morgan fingerprint density at radius 2 is 0.851 bits per heavy atom. The van der Waals surface area contributed by atoms with E-state index in [1.807, 2.05) is 0 Å². The van der Waals surface area contributed by atoms with E-state index in [9.17, 15) is 87.1 Å². The molecule has 0 fully saturated rings. The summed E-state index contributed by atoms with van der Waals surface area (Å²) in [5.41, 5.74) is -0.0842. The number of hydrogen-bond donors (Lipinski definition) is 0. The Bertz CT molecular complexity index is 1600. The molecule has 0 amide bonds. The molecule has 0 unspecified atom stereocenters. The number of hydrogen-bond acceptors (Lipinski definition) is 6. The summed E-state index contributed by atoms with van der Waals surface area (Å²) in [5, 5.41) is 0. The number of fused-ring (bicyclic) bond motifs is 3. The Morgan fingerprint density at radius 3 is 1.13 bits per heavy atom. The van der Waals surface area contributed by atoms with Crippen molar-refractivity contribution in [3.63, 3.8) is 0 Å². The van der Waals surface area contributed by atoms with Gasteiger partial charge in [-0.15, -0.1) is 0 Å². The first kappa shape index (κ1) is 38.6. The van der Waals surface area contributed by atoms with Gasteiger partial charge >= 0.3 is 48.4 Å². The van der Waals surface area contributed by atoms with Crippen LogP contribution in [0.2, 0.25) is 0 Å². The van der Waals surface area contributed by atoms with Crippen LogP contribution in [0, 0.1) is 0 Å². The first-order valence-corrected chi connectivity index (χ1v) is 14.7. The van der Waals surface area contributed by atoms with Crippen molar-refractivity contribution in [2.45, 2.75) is 64.6 Å². The fraction of sp³-hybridized carbons (Fsp3) is 0.478. The molecule has 0 aromatic heterocycles. The van der Waals surface area contributed by atoms with Crippen molar-refractivity contribution < 1.29 is 95.4 Å². The SMILES string of the molecule is O=S(=O)(OCC(F)(F)C(F)(F)C(F)(F)C(F)F)c1ccc2c(c1)Cc1cc(S(=O)(=O)OCC(F)(F)C(F)(F)C(F)(F)C(F)F)ccc1-2. The lowest BCUT2D eigenvalue weighted by atomic mass is 10.1. The van der Waals surface area contributed by atoms with Gasteiger partial charge in [-0.3, -0.25) is 8.37 Å². The second kappa shape index (κ2) is 11.9. The highest BCUT2D eigenvalue weighted by Gasteiger charge is 2.76. The van der Waals surface area contributed by atoms with E-state index in [2.05, 4.69) is 8.37 Å². The van der Waals surface area contributed by atoms with E-state index in [-0.39, 0.29) is 22.3 Å². The molecule has 0 radical (unpaired) electrons. The van der Waals surface area contributed by atoms with Crippen molar-refractivity contribution in [1.29, 1.82) is 0 Å². The topological polar surface area (TPSA) is 86.7 Å². The first-order chi connectivity index (χ1) is 21.0. The third-order valence-electron chi connectivity index (χ3n) is 6.50. The number of alkyl halides is 16. The van der Waals surface area contributed by atoms with Gasteiger partial charge in [-0.1, -0.05) is 12.1 Å². The molecular formula is C23H14F16O6S2. The van der Waals surface area contributed by atoms with E-state index < -0.39 is 98.0 Å². The molecule has 2 aromatic rings. The van der Waals surface area contributed by atoms with Crippen LogP contribution >= 0.6 is 0 Å². The Hall–Kier alpha value is -2.86. The molecule has 0 heterocycles. The number of rotatable bonds is 14. The first-order valence-electron chi connectivity index (χ1n) is 11.8. The van der Waals surface area contributed by atoms with Crippen LogP contribution in [0.4, 0.5) is 70.2 Å². The maximum atomic E-state index is 13.7. The second-order valence-corrected chi connectivity index (χ2v) is 12.9. The van der Waals surface area contributed by atoms with Crippen molar-refractivity contribution in [1.82, 2.24) is 0 Å². The van der Waals surface area contributed by atoms with Gasteiger partial charge in [-0.05, 0) is 52.9 Å². The summed E-state index contributed by atoms with van der Waals surface area (Å²) in [4.78, 5) is -2.16. The fourth-order valence-corrected chi connectivity index (χ4v) is 5.78. The predicted octanol–water partition coefficient (Wildman–Crippen LogP) is 7.01. The molecule has 1 aliphatic carbocycles. The zero-order valence-corrected chi connectivity index (χ0v) is 23.7. The van der Waals surface area contributed by atoms with E-state index in [0.717, 1.165) is 12.1 Å². The van der Waals surface area contributed by atoms with Gasteiger partial charge in [-0.25, -0.2) is 17.6 Å². The summed E-state index contributed by atoms with van der Waals surface area (Å²) in [6, 6.07) is 4.35. The zero-order chi connectivity index (χ0) is 36.4. The van der Waals surface area contributed by atoms with E-state index in [1.54, 1.807) is 0 Å². The summed E-state index contributed by atoms with van der Waals surface area (Å²) in [5.74, 6) is -39.1. The molecule has 24 heteroatoms. The normalized spacial score (nSPS) is 15.4. The lowest BCUT2D eigenvalue weighted by Gasteiger charge is -2.31. The molecule has 0 atom stereocenters. The van der Waals surface area contributed by atoms with Gasteiger partial charge in [0.1, 0.15) is 13.2 Å². The van der Waals surface area contributed by atoms with Gasteiger partial charge in [0, 0.05) is 0 Å². The maximum Gasteiger partial charge on any atom is 0.380 e. The highest BCUT2D eigenvalue weighted by atomic mass is 32.2. The third kappa shape index (κ3) is 6.60. The van der Waals surface area contributed by atoms with Crippen LogP contribution in [-0.2, 0) is 35.0 Å². The van der Waals surface area contributed by atoms with Crippen LogP contribution in [-0.4, -0.2) is 78.4 Å². The minimum absolute atomic E-state index is 0.0673. The Morgan fingerprint density at radius 1 is 0.553 bits per heavy atom. The largest absolute Gasteiger partial charge is 0.380 e. The van der Waals surface area contributed by atoms with Crippen molar-refractivity contribution in [3.05, 3.63) is 47.5 Å². The van der Waals surface area contributed by atoms with Gasteiger partial charge in [0.2, 0.25) is 0 Å². The van der Waals surface area contributed by atoms with Crippen LogP contribution < -0.4 is 0 Å². The summed E-state index contributed by atoms with van der Waals surface area (Å²) in [6.07, 6.45) is -11.0. The third-order valence-corrected chi connectivity index (χ3v) is 9.02. The zero-order valence-electron chi connectivity index (χ0n) is 22.1. The van der Waals surface area contributed by atoms with Crippen LogP contribution in [0.5, 0.6) is 0 Å². The molecule has 266 valence electrons. The molecule has 1 aliphatic rings. The van der Waals surface area contributed by atoms with Gasteiger partial charge in [0.25, 0.3) is 20.2 Å². The van der Waals surface area contributed by atoms with Crippen LogP contribution in [0.15, 0.2) is 46.2 Å². The monoisotopic (exact) mass is 754 g/mol. The minimum Gasteiger partial charge on any atom is -0.260 e. The van der Waals surface area contributed by atoms with Crippen molar-refractivity contribution in [3.8, 4) is 11.1 Å². The second-order valence-electron chi connectivity index (χ2n) is 9.65. The highest BCUT2D eigenvalue weighted by molar-refractivity contribution is 7.87. The van der Waals surface area contributed by atoms with Gasteiger partial charge in [0.15, 0.2) is 0 Å². The quantitative estimate of drug-likeness (QED) is 0.130. The molecule has 0 aliphatic heterocycles. The fourth-order valence-electron chi connectivity index (χ4n) is 3.86. The lowest BCUT2D eigenvalue weighted by molar-refractivity contribution is -0.342. The van der Waals surface area contributed by atoms with Gasteiger partial charge < -0.3 is 0 Å². The van der Waals surface area contributed by atoms with Crippen LogP contribution in [0.1, 0.15) is 11.1 Å². The number of benzene rings is 2. The predicted molar refractivity (Wildman–Crippen MR) is 123 cm³/mol. The molecule has 0 spiro atoms. The van der Waals surface area contributed by atoms with E-state index >= 15 is 0 Å². The van der Waals surface area contributed by atoms with Gasteiger partial charge in [0.05, 0.1) is 9.79 Å². The maximum absolute atomic E-state index is 13.7. The van der Waals surface area contributed by atoms with Crippen molar-refractivity contribution >= 4 is 20.2 Å². The Labute approximate surface area is 252 Å². The molecule has 0 saturated heterocycles. The lowest BCUT2D eigenvalue weighted by Crippen LogP contribution is -2.59. The molecular weight excluding hydrogens is 740 g/mol. The molecule has 2 aromatic carbocycles. The summed E-state index contributed by atoms with van der Waals surface area (Å²) < 4.78 is 267. The average molecular weight is 754 g/mol. The van der Waals surface area contributed by atoms with Crippen molar-refractivity contribution in [2.24, 2.45) is 0 Å². The van der Waals surface area contributed by atoms with Gasteiger partial charge in [-0.2, -0.15) is 69.5 Å². The standard InChI is InChI=1S/C23H14F16O6S2/c24-16(25)20(32,33)22(36,37)18(28,29)8-44-46(40,41)12-1-3-14-10(6-12)5-11-7-13(2-4-15(11)14)47(42,43)45-9-19(30,31)23(38,39)21(34,35)17(26)27/h1-4,6-7,16-17H,5,8-9H2. The molecule has 3 rings (SSSR count). The summed E-state index contributed by atoms with van der Waals surface area (Å²) in [7, 11) is -11.0. The number of halogens is 16. The Kier molecular flexibility index (Phi) is 9.79. The van der Waals surface area contributed by atoms with E-state index in [0.29, 0.717) is 24.3 Å². The summed E-state index contributed by atoms with van der Waals surface area (Å²) >= 11 is 0. The average Bonchev–Trinajstić information content (AvgIpc) is 3.32. The molecule has 0 bridgehead atoms.